The predicted octanol–water partition coefficient (Wildman–Crippen LogP) is 2.31. The number of benzene rings is 1. The molecule has 0 aliphatic heterocycles. The number of aromatic nitrogens is 1. The van der Waals surface area contributed by atoms with Gasteiger partial charge in [-0.05, 0) is 18.6 Å². The summed E-state index contributed by atoms with van der Waals surface area (Å²) < 4.78 is 0. The molecule has 0 radical (unpaired) electrons. The van der Waals surface area contributed by atoms with Crippen LogP contribution in [0.15, 0.2) is 36.5 Å². The summed E-state index contributed by atoms with van der Waals surface area (Å²) in [6.45, 7) is 2.61. The van der Waals surface area contributed by atoms with Crippen molar-refractivity contribution in [3.8, 4) is 0 Å². The van der Waals surface area contributed by atoms with E-state index in [1.165, 1.54) is 17.8 Å². The number of rotatable bonds is 4. The van der Waals surface area contributed by atoms with E-state index in [0.717, 1.165) is 5.56 Å². The number of nitrogens with zero attached hydrogens (tertiary/aromatic N) is 2. The Bertz CT molecular complexity index is 624. The van der Waals surface area contributed by atoms with Gasteiger partial charge in [0.2, 0.25) is 0 Å². The van der Waals surface area contributed by atoms with Gasteiger partial charge >= 0.3 is 5.97 Å². The normalized spacial score (nSPS) is 10.3. The fraction of sp³-hybridized carbons (Fsp3) is 0.200. The van der Waals surface area contributed by atoms with Crippen molar-refractivity contribution in [2.75, 3.05) is 17.7 Å². The molecular weight excluding hydrogens is 254 g/mol. The van der Waals surface area contributed by atoms with Crippen LogP contribution >= 0.6 is 0 Å². The number of nitrogens with two attached hydrogens (primary N) is 1. The highest BCUT2D eigenvalue weighted by molar-refractivity contribution is 5.94. The van der Waals surface area contributed by atoms with Gasteiger partial charge in [-0.3, -0.25) is 0 Å². The van der Waals surface area contributed by atoms with E-state index in [0.29, 0.717) is 18.1 Å². The highest BCUT2D eigenvalue weighted by Gasteiger charge is 2.15. The smallest absolute Gasteiger partial charge is 0.339 e. The first-order valence-corrected chi connectivity index (χ1v) is 6.23. The minimum Gasteiger partial charge on any atom is -0.478 e. The maximum Gasteiger partial charge on any atom is 0.339 e. The molecule has 0 atom stereocenters. The zero-order valence-electron chi connectivity index (χ0n) is 11.5. The third-order valence-electron chi connectivity index (χ3n) is 3.02. The monoisotopic (exact) mass is 271 g/mol. The molecule has 0 amide bonds. The molecule has 0 unspecified atom stereocenters. The maximum atomic E-state index is 11.3. The minimum absolute atomic E-state index is 0.111. The standard InChI is InChI=1S/C15H17N3O2/c1-10-3-5-11(6-4-10)9-18(2)14-13(15(19)20)7-12(16)8-17-14/h3-8H,9,16H2,1-2H3,(H,19,20). The summed E-state index contributed by atoms with van der Waals surface area (Å²) in [4.78, 5) is 17.2. The molecule has 5 heteroatoms. The molecule has 0 aliphatic rings. The van der Waals surface area contributed by atoms with Gasteiger partial charge in [-0.2, -0.15) is 0 Å². The molecule has 20 heavy (non-hydrogen) atoms. The van der Waals surface area contributed by atoms with Gasteiger partial charge in [0, 0.05) is 13.6 Å². The molecule has 1 aromatic carbocycles. The number of pyridine rings is 1. The van der Waals surface area contributed by atoms with Crippen LogP contribution in [0.25, 0.3) is 0 Å². The summed E-state index contributed by atoms with van der Waals surface area (Å²) in [7, 11) is 1.81. The topological polar surface area (TPSA) is 79.5 Å². The van der Waals surface area contributed by atoms with E-state index >= 15 is 0 Å². The lowest BCUT2D eigenvalue weighted by atomic mass is 10.1. The number of carboxylic acid groups (broad SMARTS) is 1. The third kappa shape index (κ3) is 3.06. The molecule has 0 bridgehead atoms. The molecule has 1 heterocycles. The zero-order valence-corrected chi connectivity index (χ0v) is 11.5. The summed E-state index contributed by atoms with van der Waals surface area (Å²) in [5.74, 6) is -0.622. The van der Waals surface area contributed by atoms with Gasteiger partial charge in [0.25, 0.3) is 0 Å². The van der Waals surface area contributed by atoms with E-state index in [4.69, 9.17) is 5.73 Å². The molecule has 0 aliphatic carbocycles. The number of carbonyl (C=O) groups is 1. The van der Waals surface area contributed by atoms with Crippen molar-refractivity contribution in [2.24, 2.45) is 0 Å². The van der Waals surface area contributed by atoms with Crippen LogP contribution in [0.2, 0.25) is 0 Å². The molecule has 3 N–H and O–H groups in total. The van der Waals surface area contributed by atoms with E-state index in [-0.39, 0.29) is 5.56 Å². The number of aromatic carboxylic acids is 1. The summed E-state index contributed by atoms with van der Waals surface area (Å²) in [5, 5.41) is 9.22. The second-order valence-corrected chi connectivity index (χ2v) is 4.79. The van der Waals surface area contributed by atoms with Gasteiger partial charge in [0.05, 0.1) is 11.9 Å². The average molecular weight is 271 g/mol. The first-order valence-electron chi connectivity index (χ1n) is 6.23. The van der Waals surface area contributed by atoms with Crippen LogP contribution in [0, 0.1) is 6.92 Å². The van der Waals surface area contributed by atoms with E-state index in [2.05, 4.69) is 4.98 Å². The Morgan fingerprint density at radius 3 is 2.60 bits per heavy atom. The number of aryl methyl sites for hydroxylation is 1. The lowest BCUT2D eigenvalue weighted by Crippen LogP contribution is -2.21. The SMILES string of the molecule is Cc1ccc(CN(C)c2ncc(N)cc2C(=O)O)cc1. The molecule has 2 rings (SSSR count). The first kappa shape index (κ1) is 13.9. The van der Waals surface area contributed by atoms with Crippen LogP contribution < -0.4 is 10.6 Å². The van der Waals surface area contributed by atoms with Crippen LogP contribution in [0.4, 0.5) is 11.5 Å². The average Bonchev–Trinajstić information content (AvgIpc) is 2.41. The van der Waals surface area contributed by atoms with Gasteiger partial charge in [-0.15, -0.1) is 0 Å². The largest absolute Gasteiger partial charge is 0.478 e. The summed E-state index contributed by atoms with van der Waals surface area (Å²) in [6, 6.07) is 9.51. The van der Waals surface area contributed by atoms with Crippen molar-refractivity contribution >= 4 is 17.5 Å². The van der Waals surface area contributed by atoms with E-state index in [1.807, 2.05) is 38.2 Å². The Morgan fingerprint density at radius 2 is 2.00 bits per heavy atom. The van der Waals surface area contributed by atoms with Gasteiger partial charge in [0.1, 0.15) is 11.4 Å². The maximum absolute atomic E-state index is 11.3. The van der Waals surface area contributed by atoms with Crippen LogP contribution in [0.5, 0.6) is 0 Å². The number of nitrogen functional groups attached to an aromatic ring is 1. The van der Waals surface area contributed by atoms with Crippen molar-refractivity contribution in [1.82, 2.24) is 4.98 Å². The Labute approximate surface area is 117 Å². The van der Waals surface area contributed by atoms with Crippen molar-refractivity contribution in [2.45, 2.75) is 13.5 Å². The van der Waals surface area contributed by atoms with Crippen molar-refractivity contribution in [3.05, 3.63) is 53.2 Å². The number of hydrogen-bond donors (Lipinski definition) is 2. The Hall–Kier alpha value is -2.56. The fourth-order valence-electron chi connectivity index (χ4n) is 1.98. The van der Waals surface area contributed by atoms with Gasteiger partial charge in [0.15, 0.2) is 0 Å². The van der Waals surface area contributed by atoms with E-state index in [9.17, 15) is 9.90 Å². The third-order valence-corrected chi connectivity index (χ3v) is 3.02. The fourth-order valence-corrected chi connectivity index (χ4v) is 1.98. The van der Waals surface area contributed by atoms with Crippen molar-refractivity contribution < 1.29 is 9.90 Å². The molecule has 0 spiro atoms. The lowest BCUT2D eigenvalue weighted by molar-refractivity contribution is 0.0697. The molecule has 0 saturated heterocycles. The van der Waals surface area contributed by atoms with Gasteiger partial charge in [-0.1, -0.05) is 29.8 Å². The summed E-state index contributed by atoms with van der Waals surface area (Å²) in [6.07, 6.45) is 1.47. The minimum atomic E-state index is -1.03. The van der Waals surface area contributed by atoms with Gasteiger partial charge in [-0.25, -0.2) is 9.78 Å². The highest BCUT2D eigenvalue weighted by Crippen LogP contribution is 2.20. The van der Waals surface area contributed by atoms with Gasteiger partial charge < -0.3 is 15.7 Å². The second-order valence-electron chi connectivity index (χ2n) is 4.79. The Balaban J connectivity index is 2.27. The van der Waals surface area contributed by atoms with E-state index < -0.39 is 5.97 Å². The summed E-state index contributed by atoms with van der Waals surface area (Å²) >= 11 is 0. The highest BCUT2D eigenvalue weighted by atomic mass is 16.4. The Morgan fingerprint density at radius 1 is 1.35 bits per heavy atom. The molecule has 0 saturated carbocycles. The number of hydrogen-bond acceptors (Lipinski definition) is 4. The molecule has 2 aromatic rings. The van der Waals surface area contributed by atoms with Crippen LogP contribution in [-0.2, 0) is 6.54 Å². The van der Waals surface area contributed by atoms with Crippen LogP contribution in [0.1, 0.15) is 21.5 Å². The lowest BCUT2D eigenvalue weighted by Gasteiger charge is -2.20. The van der Waals surface area contributed by atoms with Crippen LogP contribution in [-0.4, -0.2) is 23.1 Å². The zero-order chi connectivity index (χ0) is 14.7. The molecule has 5 nitrogen and oxygen atoms in total. The molecule has 1 aromatic heterocycles. The number of anilines is 2. The second kappa shape index (κ2) is 5.61. The van der Waals surface area contributed by atoms with Crippen molar-refractivity contribution in [3.63, 3.8) is 0 Å². The van der Waals surface area contributed by atoms with E-state index in [1.54, 1.807) is 4.90 Å². The molecule has 0 fully saturated rings. The van der Waals surface area contributed by atoms with Crippen molar-refractivity contribution in [1.29, 1.82) is 0 Å². The predicted molar refractivity (Wildman–Crippen MR) is 78.9 cm³/mol. The number of carboxylic acids is 1. The summed E-state index contributed by atoms with van der Waals surface area (Å²) in [5.41, 5.74) is 8.32. The Kier molecular flexibility index (Phi) is 3.89. The molecular formula is C15H17N3O2. The molecule has 104 valence electrons. The quantitative estimate of drug-likeness (QED) is 0.892. The van der Waals surface area contributed by atoms with Crippen LogP contribution in [0.3, 0.4) is 0 Å². The first-order chi connectivity index (χ1) is 9.47.